The first-order chi connectivity index (χ1) is 14.5. The Morgan fingerprint density at radius 2 is 1.80 bits per heavy atom. The number of nitrogens with one attached hydrogen (secondary N) is 2. The molecule has 7 heteroatoms. The second-order valence-electron chi connectivity index (χ2n) is 6.41. The number of hydrogen-bond donors (Lipinski definition) is 2. The third-order valence-electron chi connectivity index (χ3n) is 4.06. The molecule has 0 saturated carbocycles. The molecule has 3 aromatic rings. The van der Waals surface area contributed by atoms with E-state index < -0.39 is 5.91 Å². The first kappa shape index (κ1) is 20.7. The lowest BCUT2D eigenvalue weighted by molar-refractivity contribution is -0.114. The summed E-state index contributed by atoms with van der Waals surface area (Å²) < 4.78 is 19.2. The fraction of sp³-hybridized carbons (Fsp3) is 0.0870. The van der Waals surface area contributed by atoms with Gasteiger partial charge in [0.1, 0.15) is 18.2 Å². The maximum Gasteiger partial charge on any atom is 0.271 e. The number of carbonyl (C=O) groups is 2. The number of hydrogen-bond acceptors (Lipinski definition) is 4. The number of halogens is 1. The highest BCUT2D eigenvalue weighted by molar-refractivity contribution is 5.97. The van der Waals surface area contributed by atoms with Crippen molar-refractivity contribution in [2.75, 3.05) is 5.32 Å². The first-order valence-electron chi connectivity index (χ1n) is 9.18. The Hall–Kier alpha value is -4.00. The van der Waals surface area contributed by atoms with Crippen LogP contribution >= 0.6 is 0 Å². The molecule has 0 aliphatic heterocycles. The highest BCUT2D eigenvalue weighted by Crippen LogP contribution is 2.15. The molecule has 0 aromatic heterocycles. The normalized spacial score (nSPS) is 10.6. The van der Waals surface area contributed by atoms with E-state index in [1.807, 2.05) is 0 Å². The molecule has 0 atom stereocenters. The van der Waals surface area contributed by atoms with Crippen LogP contribution < -0.4 is 15.5 Å². The third-order valence-corrected chi connectivity index (χ3v) is 4.06. The minimum absolute atomic E-state index is 0.133. The number of benzene rings is 3. The van der Waals surface area contributed by atoms with Gasteiger partial charge in [-0.25, -0.2) is 9.82 Å². The topological polar surface area (TPSA) is 79.8 Å². The molecule has 152 valence electrons. The molecule has 2 N–H and O–H groups in total. The Kier molecular flexibility index (Phi) is 6.89. The van der Waals surface area contributed by atoms with Gasteiger partial charge in [0, 0.05) is 23.7 Å². The molecule has 6 nitrogen and oxygen atoms in total. The van der Waals surface area contributed by atoms with E-state index in [4.69, 9.17) is 4.74 Å². The third kappa shape index (κ3) is 6.00. The molecule has 0 heterocycles. The molecule has 0 bridgehead atoms. The second kappa shape index (κ2) is 9.97. The van der Waals surface area contributed by atoms with Crippen LogP contribution in [0.3, 0.4) is 0 Å². The Morgan fingerprint density at radius 3 is 2.53 bits per heavy atom. The summed E-state index contributed by atoms with van der Waals surface area (Å²) in [7, 11) is 0. The minimum atomic E-state index is -0.400. The number of ether oxygens (including phenoxy) is 1. The van der Waals surface area contributed by atoms with Gasteiger partial charge >= 0.3 is 0 Å². The standard InChI is InChI=1S/C23H20FN3O3/c1-16(28)26-20-7-4-6-18(13-20)23(29)27-25-14-17-9-11-21(12-10-17)30-15-19-5-2-3-8-22(19)24/h2-14H,15H2,1H3,(H,26,28)(H,27,29). The Bertz CT molecular complexity index is 1070. The van der Waals surface area contributed by atoms with Crippen molar-refractivity contribution in [3.05, 3.63) is 95.3 Å². The van der Waals surface area contributed by atoms with E-state index in [-0.39, 0.29) is 18.3 Å². The number of rotatable bonds is 7. The van der Waals surface area contributed by atoms with E-state index in [0.717, 1.165) is 5.56 Å². The van der Waals surface area contributed by atoms with Gasteiger partial charge in [0.2, 0.25) is 5.91 Å². The van der Waals surface area contributed by atoms with Crippen molar-refractivity contribution in [2.45, 2.75) is 13.5 Å². The van der Waals surface area contributed by atoms with Crippen LogP contribution in [0.4, 0.5) is 10.1 Å². The van der Waals surface area contributed by atoms with Crippen molar-refractivity contribution in [3.8, 4) is 5.75 Å². The first-order valence-corrected chi connectivity index (χ1v) is 9.18. The molecule has 0 radical (unpaired) electrons. The van der Waals surface area contributed by atoms with Crippen molar-refractivity contribution < 1.29 is 18.7 Å². The summed E-state index contributed by atoms with van der Waals surface area (Å²) >= 11 is 0. The average Bonchev–Trinajstić information content (AvgIpc) is 2.74. The minimum Gasteiger partial charge on any atom is -0.489 e. The van der Waals surface area contributed by atoms with Crippen LogP contribution in [0.25, 0.3) is 0 Å². The van der Waals surface area contributed by atoms with Crippen LogP contribution in [0.15, 0.2) is 77.9 Å². The predicted molar refractivity (Wildman–Crippen MR) is 113 cm³/mol. The summed E-state index contributed by atoms with van der Waals surface area (Å²) in [6.45, 7) is 1.53. The molecular formula is C23H20FN3O3. The van der Waals surface area contributed by atoms with Gasteiger partial charge in [-0.3, -0.25) is 9.59 Å². The van der Waals surface area contributed by atoms with E-state index >= 15 is 0 Å². The number of carbonyl (C=O) groups excluding carboxylic acids is 2. The predicted octanol–water partition coefficient (Wildman–Crippen LogP) is 4.13. The molecule has 3 aromatic carbocycles. The molecule has 30 heavy (non-hydrogen) atoms. The van der Waals surface area contributed by atoms with Gasteiger partial charge in [-0.15, -0.1) is 0 Å². The zero-order valence-electron chi connectivity index (χ0n) is 16.3. The summed E-state index contributed by atoms with van der Waals surface area (Å²) in [4.78, 5) is 23.3. The van der Waals surface area contributed by atoms with Gasteiger partial charge in [-0.1, -0.05) is 24.3 Å². The lowest BCUT2D eigenvalue weighted by atomic mass is 10.2. The Balaban J connectivity index is 1.53. The van der Waals surface area contributed by atoms with Crippen LogP contribution in [0.5, 0.6) is 5.75 Å². The van der Waals surface area contributed by atoms with Gasteiger partial charge in [0.05, 0.1) is 6.21 Å². The van der Waals surface area contributed by atoms with Crippen molar-refractivity contribution in [3.63, 3.8) is 0 Å². The van der Waals surface area contributed by atoms with Crippen LogP contribution in [0, 0.1) is 5.82 Å². The summed E-state index contributed by atoms with van der Waals surface area (Å²) in [6.07, 6.45) is 1.50. The zero-order chi connectivity index (χ0) is 21.3. The summed E-state index contributed by atoms with van der Waals surface area (Å²) in [6, 6.07) is 20.0. The Morgan fingerprint density at radius 1 is 1.03 bits per heavy atom. The summed E-state index contributed by atoms with van der Waals surface area (Å²) in [5.74, 6) is -0.330. The fourth-order valence-corrected chi connectivity index (χ4v) is 2.60. The molecule has 3 rings (SSSR count). The van der Waals surface area contributed by atoms with Crippen LogP contribution in [-0.4, -0.2) is 18.0 Å². The van der Waals surface area contributed by atoms with Gasteiger partial charge in [-0.2, -0.15) is 5.10 Å². The van der Waals surface area contributed by atoms with Crippen LogP contribution in [0.2, 0.25) is 0 Å². The van der Waals surface area contributed by atoms with Crippen LogP contribution in [0.1, 0.15) is 28.4 Å². The number of hydrazone groups is 1. The van der Waals surface area contributed by atoms with E-state index in [1.54, 1.807) is 66.7 Å². The SMILES string of the molecule is CC(=O)Nc1cccc(C(=O)NN=Cc2ccc(OCc3ccccc3F)cc2)c1. The number of amides is 2. The van der Waals surface area contributed by atoms with Crippen molar-refractivity contribution in [1.29, 1.82) is 0 Å². The van der Waals surface area contributed by atoms with Gasteiger partial charge in [0.25, 0.3) is 5.91 Å². The van der Waals surface area contributed by atoms with Crippen LogP contribution in [-0.2, 0) is 11.4 Å². The highest BCUT2D eigenvalue weighted by atomic mass is 19.1. The van der Waals surface area contributed by atoms with Crippen molar-refractivity contribution >= 4 is 23.7 Å². The molecule has 0 spiro atoms. The maximum atomic E-state index is 13.6. The fourth-order valence-electron chi connectivity index (χ4n) is 2.60. The molecule has 0 unspecified atom stereocenters. The van der Waals surface area contributed by atoms with E-state index in [0.29, 0.717) is 22.6 Å². The van der Waals surface area contributed by atoms with E-state index in [1.165, 1.54) is 19.2 Å². The molecule has 0 saturated heterocycles. The monoisotopic (exact) mass is 405 g/mol. The summed E-state index contributed by atoms with van der Waals surface area (Å²) in [5, 5.41) is 6.56. The van der Waals surface area contributed by atoms with Crippen molar-refractivity contribution in [1.82, 2.24) is 5.43 Å². The zero-order valence-corrected chi connectivity index (χ0v) is 16.3. The quantitative estimate of drug-likeness (QED) is 0.458. The molecule has 2 amide bonds. The largest absolute Gasteiger partial charge is 0.489 e. The lowest BCUT2D eigenvalue weighted by Gasteiger charge is -2.07. The second-order valence-corrected chi connectivity index (χ2v) is 6.41. The number of nitrogens with zero attached hydrogens (tertiary/aromatic N) is 1. The van der Waals surface area contributed by atoms with Crippen molar-refractivity contribution in [2.24, 2.45) is 5.10 Å². The van der Waals surface area contributed by atoms with Gasteiger partial charge < -0.3 is 10.1 Å². The van der Waals surface area contributed by atoms with Gasteiger partial charge in [0.15, 0.2) is 0 Å². The Labute approximate surface area is 173 Å². The molecule has 0 aliphatic carbocycles. The summed E-state index contributed by atoms with van der Waals surface area (Å²) in [5.41, 5.74) is 4.57. The molecule has 0 aliphatic rings. The maximum absolute atomic E-state index is 13.6. The number of anilines is 1. The highest BCUT2D eigenvalue weighted by Gasteiger charge is 2.06. The average molecular weight is 405 g/mol. The smallest absolute Gasteiger partial charge is 0.271 e. The molecule has 0 fully saturated rings. The van der Waals surface area contributed by atoms with Gasteiger partial charge in [-0.05, 0) is 54.1 Å². The van der Waals surface area contributed by atoms with E-state index in [9.17, 15) is 14.0 Å². The molecular weight excluding hydrogens is 385 g/mol. The lowest BCUT2D eigenvalue weighted by Crippen LogP contribution is -2.18. The van der Waals surface area contributed by atoms with E-state index in [2.05, 4.69) is 15.8 Å².